The standard InChI is InChI=1S/C15H17N5O2S3/c1-9-3-4-11(24-9)14-19-18-13(22-14)6-5-12(21)16-7-8-23-15-20-17-10(2)25-15/h3-4H,5-8H2,1-2H3,(H,16,21). The molecule has 132 valence electrons. The van der Waals surface area contributed by atoms with Gasteiger partial charge in [0, 0.05) is 30.0 Å². The molecule has 3 aromatic heterocycles. The molecule has 0 bridgehead atoms. The zero-order valence-corrected chi connectivity index (χ0v) is 16.3. The minimum atomic E-state index is -0.0271. The van der Waals surface area contributed by atoms with Gasteiger partial charge < -0.3 is 9.73 Å². The van der Waals surface area contributed by atoms with Crippen molar-refractivity contribution >= 4 is 40.3 Å². The van der Waals surface area contributed by atoms with E-state index in [1.165, 1.54) is 4.88 Å². The third-order valence-corrected chi connectivity index (χ3v) is 6.10. The predicted molar refractivity (Wildman–Crippen MR) is 99.0 cm³/mol. The topological polar surface area (TPSA) is 93.8 Å². The van der Waals surface area contributed by atoms with Crippen molar-refractivity contribution < 1.29 is 9.21 Å². The van der Waals surface area contributed by atoms with E-state index >= 15 is 0 Å². The Balaban J connectivity index is 1.37. The molecule has 0 aliphatic rings. The Morgan fingerprint density at radius 3 is 2.80 bits per heavy atom. The number of thiophene rings is 1. The largest absolute Gasteiger partial charge is 0.420 e. The number of rotatable bonds is 8. The molecule has 1 N–H and O–H groups in total. The van der Waals surface area contributed by atoms with Crippen LogP contribution < -0.4 is 5.32 Å². The molecule has 0 saturated heterocycles. The summed E-state index contributed by atoms with van der Waals surface area (Å²) in [6.45, 7) is 4.54. The van der Waals surface area contributed by atoms with Crippen molar-refractivity contribution in [3.63, 3.8) is 0 Å². The van der Waals surface area contributed by atoms with E-state index in [0.29, 0.717) is 31.2 Å². The number of nitrogens with one attached hydrogen (secondary N) is 1. The normalized spacial score (nSPS) is 11.0. The molecule has 0 atom stereocenters. The Morgan fingerprint density at radius 2 is 2.08 bits per heavy atom. The van der Waals surface area contributed by atoms with Crippen LogP contribution in [-0.4, -0.2) is 38.6 Å². The van der Waals surface area contributed by atoms with E-state index in [1.807, 2.05) is 26.0 Å². The first-order valence-corrected chi connectivity index (χ1v) is 10.3. The van der Waals surface area contributed by atoms with Crippen molar-refractivity contribution in [2.24, 2.45) is 0 Å². The molecule has 0 aromatic carbocycles. The molecule has 10 heteroatoms. The Kier molecular flexibility index (Phi) is 6.16. The third kappa shape index (κ3) is 5.35. The fraction of sp³-hybridized carbons (Fsp3) is 0.400. The van der Waals surface area contributed by atoms with Gasteiger partial charge in [0.05, 0.1) is 4.88 Å². The zero-order chi connectivity index (χ0) is 17.6. The number of thioether (sulfide) groups is 1. The van der Waals surface area contributed by atoms with E-state index in [2.05, 4.69) is 25.7 Å². The number of carbonyl (C=O) groups is 1. The second-order valence-electron chi connectivity index (χ2n) is 5.20. The fourth-order valence-electron chi connectivity index (χ4n) is 1.98. The van der Waals surface area contributed by atoms with Crippen molar-refractivity contribution in [2.75, 3.05) is 12.3 Å². The average Bonchev–Trinajstić information content (AvgIpc) is 3.31. The molecule has 0 aliphatic heterocycles. The van der Waals surface area contributed by atoms with Gasteiger partial charge in [0.25, 0.3) is 5.89 Å². The van der Waals surface area contributed by atoms with Crippen LogP contribution in [0.5, 0.6) is 0 Å². The van der Waals surface area contributed by atoms with E-state index in [1.54, 1.807) is 34.4 Å². The maximum absolute atomic E-state index is 11.9. The second-order valence-corrected chi connectivity index (χ2v) is 9.01. The molecule has 0 spiro atoms. The third-order valence-electron chi connectivity index (χ3n) is 3.14. The lowest BCUT2D eigenvalue weighted by Crippen LogP contribution is -2.25. The van der Waals surface area contributed by atoms with Gasteiger partial charge in [-0.05, 0) is 26.0 Å². The van der Waals surface area contributed by atoms with Crippen LogP contribution in [-0.2, 0) is 11.2 Å². The van der Waals surface area contributed by atoms with Crippen molar-refractivity contribution in [3.8, 4) is 10.8 Å². The molecule has 25 heavy (non-hydrogen) atoms. The molecular weight excluding hydrogens is 378 g/mol. The van der Waals surface area contributed by atoms with Crippen molar-refractivity contribution in [2.45, 2.75) is 31.0 Å². The lowest BCUT2D eigenvalue weighted by molar-refractivity contribution is -0.121. The van der Waals surface area contributed by atoms with E-state index in [-0.39, 0.29) is 5.91 Å². The van der Waals surface area contributed by atoms with Crippen LogP contribution in [0, 0.1) is 13.8 Å². The van der Waals surface area contributed by atoms with E-state index in [9.17, 15) is 4.79 Å². The monoisotopic (exact) mass is 395 g/mol. The molecule has 7 nitrogen and oxygen atoms in total. The minimum Gasteiger partial charge on any atom is -0.420 e. The summed E-state index contributed by atoms with van der Waals surface area (Å²) in [6.07, 6.45) is 0.764. The maximum atomic E-state index is 11.9. The molecule has 0 unspecified atom stereocenters. The highest BCUT2D eigenvalue weighted by Gasteiger charge is 2.12. The Bertz CT molecular complexity index is 842. The lowest BCUT2D eigenvalue weighted by atomic mass is 10.3. The van der Waals surface area contributed by atoms with Gasteiger partial charge in [0.1, 0.15) is 5.01 Å². The van der Waals surface area contributed by atoms with E-state index < -0.39 is 0 Å². The highest BCUT2D eigenvalue weighted by molar-refractivity contribution is 8.01. The smallest absolute Gasteiger partial charge is 0.257 e. The van der Waals surface area contributed by atoms with Crippen LogP contribution in [0.4, 0.5) is 0 Å². The quantitative estimate of drug-likeness (QED) is 0.462. The number of hydrogen-bond acceptors (Lipinski definition) is 9. The molecule has 0 aliphatic carbocycles. The Morgan fingerprint density at radius 1 is 1.20 bits per heavy atom. The van der Waals surface area contributed by atoms with Crippen molar-refractivity contribution in [1.82, 2.24) is 25.7 Å². The maximum Gasteiger partial charge on any atom is 0.257 e. The van der Waals surface area contributed by atoms with Gasteiger partial charge in [-0.15, -0.1) is 31.7 Å². The van der Waals surface area contributed by atoms with E-state index in [4.69, 9.17) is 4.42 Å². The number of amides is 1. The fourth-order valence-corrected chi connectivity index (χ4v) is 4.51. The summed E-state index contributed by atoms with van der Waals surface area (Å²) in [5.74, 6) is 1.73. The summed E-state index contributed by atoms with van der Waals surface area (Å²) in [7, 11) is 0. The molecule has 3 aromatic rings. The first-order valence-electron chi connectivity index (χ1n) is 7.69. The molecular formula is C15H17N5O2S3. The van der Waals surface area contributed by atoms with Crippen LogP contribution in [0.25, 0.3) is 10.8 Å². The minimum absolute atomic E-state index is 0.0271. The van der Waals surface area contributed by atoms with Gasteiger partial charge >= 0.3 is 0 Å². The first kappa shape index (κ1) is 18.0. The van der Waals surface area contributed by atoms with Gasteiger partial charge in [0.15, 0.2) is 4.34 Å². The van der Waals surface area contributed by atoms with E-state index in [0.717, 1.165) is 20.0 Å². The summed E-state index contributed by atoms with van der Waals surface area (Å²) in [6, 6.07) is 3.97. The lowest BCUT2D eigenvalue weighted by Gasteiger charge is -2.02. The Hall–Kier alpha value is -1.78. The summed E-state index contributed by atoms with van der Waals surface area (Å²) >= 11 is 4.75. The highest BCUT2D eigenvalue weighted by atomic mass is 32.2. The predicted octanol–water partition coefficient (Wildman–Crippen LogP) is 3.11. The molecule has 0 radical (unpaired) electrons. The van der Waals surface area contributed by atoms with Crippen molar-refractivity contribution in [3.05, 3.63) is 27.9 Å². The van der Waals surface area contributed by atoms with Crippen molar-refractivity contribution in [1.29, 1.82) is 0 Å². The number of hydrogen-bond donors (Lipinski definition) is 1. The van der Waals surface area contributed by atoms with Gasteiger partial charge in [-0.25, -0.2) is 0 Å². The average molecular weight is 396 g/mol. The van der Waals surface area contributed by atoms with Crippen LogP contribution in [0.15, 0.2) is 20.9 Å². The number of nitrogens with zero attached hydrogens (tertiary/aromatic N) is 4. The van der Waals surface area contributed by atoms with Crippen LogP contribution >= 0.6 is 34.4 Å². The molecule has 0 saturated carbocycles. The number of aryl methyl sites for hydroxylation is 3. The number of carbonyl (C=O) groups excluding carboxylic acids is 1. The Labute approximate surface area is 157 Å². The number of aromatic nitrogens is 4. The summed E-state index contributed by atoms with van der Waals surface area (Å²) in [5, 5.41) is 19.9. The molecule has 1 amide bonds. The summed E-state index contributed by atoms with van der Waals surface area (Å²) in [4.78, 5) is 14.0. The summed E-state index contributed by atoms with van der Waals surface area (Å²) < 4.78 is 6.53. The van der Waals surface area contributed by atoms with Gasteiger partial charge in [-0.1, -0.05) is 23.1 Å². The first-order chi connectivity index (χ1) is 12.1. The zero-order valence-electron chi connectivity index (χ0n) is 13.8. The molecule has 3 rings (SSSR count). The highest BCUT2D eigenvalue weighted by Crippen LogP contribution is 2.26. The molecule has 0 fully saturated rings. The van der Waals surface area contributed by atoms with Crippen LogP contribution in [0.2, 0.25) is 0 Å². The van der Waals surface area contributed by atoms with Gasteiger partial charge in [0.2, 0.25) is 11.8 Å². The van der Waals surface area contributed by atoms with Crippen LogP contribution in [0.3, 0.4) is 0 Å². The second kappa shape index (κ2) is 8.54. The molecule has 3 heterocycles. The van der Waals surface area contributed by atoms with Crippen LogP contribution in [0.1, 0.15) is 22.2 Å². The summed E-state index contributed by atoms with van der Waals surface area (Å²) in [5.41, 5.74) is 0. The SMILES string of the molecule is Cc1ccc(-c2nnc(CCC(=O)NCCSc3nnc(C)s3)o2)s1. The van der Waals surface area contributed by atoms with Gasteiger partial charge in [-0.2, -0.15) is 0 Å². The van der Waals surface area contributed by atoms with Gasteiger partial charge in [-0.3, -0.25) is 4.79 Å².